The zero-order valence-electron chi connectivity index (χ0n) is 12.1. The van der Waals surface area contributed by atoms with E-state index in [1.807, 2.05) is 17.8 Å². The minimum absolute atomic E-state index is 0.0423. The van der Waals surface area contributed by atoms with Gasteiger partial charge in [0.15, 0.2) is 0 Å². The molecular weight excluding hydrogens is 252 g/mol. The van der Waals surface area contributed by atoms with Gasteiger partial charge in [0.1, 0.15) is 0 Å². The first-order chi connectivity index (χ1) is 9.76. The molecule has 0 spiro atoms. The largest absolute Gasteiger partial charge is 0.322 e. The minimum Gasteiger partial charge on any atom is -0.322 e. The molecule has 2 aliphatic rings. The second kappa shape index (κ2) is 5.95. The number of carbonyl (C=O) groups excluding carboxylic acids is 1. The summed E-state index contributed by atoms with van der Waals surface area (Å²) in [5.74, 6) is 0.875. The van der Waals surface area contributed by atoms with Crippen LogP contribution in [0, 0.1) is 5.92 Å². The van der Waals surface area contributed by atoms with Crippen LogP contribution in [0.25, 0.3) is 0 Å². The number of amides is 1. The van der Waals surface area contributed by atoms with Gasteiger partial charge in [0, 0.05) is 18.8 Å². The van der Waals surface area contributed by atoms with Crippen molar-refractivity contribution in [2.24, 2.45) is 5.92 Å². The van der Waals surface area contributed by atoms with Crippen LogP contribution in [0.4, 0.5) is 5.69 Å². The Balaban J connectivity index is 1.57. The van der Waals surface area contributed by atoms with Crippen LogP contribution in [-0.2, 0) is 11.3 Å². The number of carbonyl (C=O) groups is 1. The average molecular weight is 276 g/mol. The lowest BCUT2D eigenvalue weighted by Gasteiger charge is -2.39. The van der Waals surface area contributed by atoms with Crippen LogP contribution in [0.3, 0.4) is 0 Å². The number of hydrogen-bond donors (Lipinski definition) is 2. The van der Waals surface area contributed by atoms with Gasteiger partial charge in [-0.15, -0.1) is 0 Å². The number of nitrogens with one attached hydrogen (secondary N) is 2. The summed E-state index contributed by atoms with van der Waals surface area (Å²) in [4.78, 5) is 12.3. The summed E-state index contributed by atoms with van der Waals surface area (Å²) < 4.78 is 1.82. The number of anilines is 1. The molecule has 110 valence electrons. The van der Waals surface area contributed by atoms with E-state index in [1.54, 1.807) is 6.20 Å². The fourth-order valence-corrected chi connectivity index (χ4v) is 3.53. The maximum absolute atomic E-state index is 12.3. The summed E-state index contributed by atoms with van der Waals surface area (Å²) >= 11 is 0. The van der Waals surface area contributed by atoms with Crippen molar-refractivity contribution in [2.45, 2.75) is 64.1 Å². The van der Waals surface area contributed by atoms with Gasteiger partial charge in [-0.25, -0.2) is 0 Å². The van der Waals surface area contributed by atoms with E-state index in [-0.39, 0.29) is 11.9 Å². The van der Waals surface area contributed by atoms with Crippen molar-refractivity contribution in [3.8, 4) is 0 Å². The van der Waals surface area contributed by atoms with Crippen molar-refractivity contribution in [3.63, 3.8) is 0 Å². The molecule has 1 aliphatic heterocycles. The first-order valence-electron chi connectivity index (χ1n) is 7.85. The standard InChI is InChI=1S/C15H24N4O/c1-2-19-10-12(9-16-19)17-15(20)14-8-7-11-5-3-4-6-13(11)18-14/h9-11,13-14,18H,2-8H2,1H3,(H,17,20). The molecular formula is C15H24N4O. The van der Waals surface area contributed by atoms with Crippen LogP contribution in [0.5, 0.6) is 0 Å². The quantitative estimate of drug-likeness (QED) is 0.889. The Bertz CT molecular complexity index is 470. The Kier molecular flexibility index (Phi) is 4.05. The third-order valence-corrected chi connectivity index (χ3v) is 4.69. The van der Waals surface area contributed by atoms with Gasteiger partial charge in [-0.05, 0) is 38.5 Å². The van der Waals surface area contributed by atoms with E-state index in [4.69, 9.17) is 0 Å². The highest BCUT2D eigenvalue weighted by Crippen LogP contribution is 2.32. The van der Waals surface area contributed by atoms with E-state index < -0.39 is 0 Å². The second-order valence-corrected chi connectivity index (χ2v) is 6.02. The molecule has 2 N–H and O–H groups in total. The van der Waals surface area contributed by atoms with E-state index in [2.05, 4.69) is 15.7 Å². The number of rotatable bonds is 3. The smallest absolute Gasteiger partial charge is 0.241 e. The highest BCUT2D eigenvalue weighted by atomic mass is 16.2. The molecule has 1 saturated heterocycles. The van der Waals surface area contributed by atoms with Crippen LogP contribution in [-0.4, -0.2) is 27.8 Å². The lowest BCUT2D eigenvalue weighted by Crippen LogP contribution is -2.53. The van der Waals surface area contributed by atoms with Gasteiger partial charge < -0.3 is 10.6 Å². The summed E-state index contributed by atoms with van der Waals surface area (Å²) in [5, 5.41) is 10.7. The molecule has 0 radical (unpaired) electrons. The maximum Gasteiger partial charge on any atom is 0.241 e. The van der Waals surface area contributed by atoms with E-state index in [1.165, 1.54) is 32.1 Å². The minimum atomic E-state index is -0.0423. The normalized spacial score (nSPS) is 29.8. The highest BCUT2D eigenvalue weighted by molar-refractivity contribution is 5.94. The maximum atomic E-state index is 12.3. The zero-order valence-corrected chi connectivity index (χ0v) is 12.1. The third kappa shape index (κ3) is 2.87. The van der Waals surface area contributed by atoms with E-state index in [0.717, 1.165) is 24.6 Å². The molecule has 3 rings (SSSR count). The highest BCUT2D eigenvalue weighted by Gasteiger charge is 2.34. The Morgan fingerprint density at radius 1 is 1.40 bits per heavy atom. The predicted octanol–water partition coefficient (Wildman–Crippen LogP) is 2.15. The fraction of sp³-hybridized carbons (Fsp3) is 0.733. The molecule has 3 atom stereocenters. The van der Waals surface area contributed by atoms with Gasteiger partial charge in [-0.2, -0.15) is 5.10 Å². The molecule has 3 unspecified atom stereocenters. The van der Waals surface area contributed by atoms with Crippen LogP contribution < -0.4 is 10.6 Å². The molecule has 2 heterocycles. The Morgan fingerprint density at radius 2 is 2.25 bits per heavy atom. The molecule has 20 heavy (non-hydrogen) atoms. The van der Waals surface area contributed by atoms with Crippen molar-refractivity contribution < 1.29 is 4.79 Å². The molecule has 1 amide bonds. The molecule has 2 fully saturated rings. The summed E-state index contributed by atoms with van der Waals surface area (Å²) in [5.41, 5.74) is 0.796. The Hall–Kier alpha value is -1.36. The Morgan fingerprint density at radius 3 is 3.05 bits per heavy atom. The third-order valence-electron chi connectivity index (χ3n) is 4.69. The number of nitrogens with zero attached hydrogens (tertiary/aromatic N) is 2. The van der Waals surface area contributed by atoms with E-state index in [0.29, 0.717) is 6.04 Å². The lowest BCUT2D eigenvalue weighted by atomic mass is 9.77. The van der Waals surface area contributed by atoms with Gasteiger partial charge in [-0.3, -0.25) is 9.48 Å². The molecule has 1 aromatic rings. The molecule has 5 heteroatoms. The fourth-order valence-electron chi connectivity index (χ4n) is 3.53. The monoisotopic (exact) mass is 276 g/mol. The molecule has 5 nitrogen and oxygen atoms in total. The van der Waals surface area contributed by atoms with Crippen molar-refractivity contribution >= 4 is 11.6 Å². The van der Waals surface area contributed by atoms with Crippen LogP contribution in [0.1, 0.15) is 45.4 Å². The van der Waals surface area contributed by atoms with Crippen LogP contribution in [0.15, 0.2) is 12.4 Å². The molecule has 1 saturated carbocycles. The Labute approximate surface area is 120 Å². The van der Waals surface area contributed by atoms with Gasteiger partial charge >= 0.3 is 0 Å². The van der Waals surface area contributed by atoms with Crippen molar-refractivity contribution in [1.82, 2.24) is 15.1 Å². The first kappa shape index (κ1) is 13.6. The van der Waals surface area contributed by atoms with Gasteiger partial charge in [0.2, 0.25) is 5.91 Å². The van der Waals surface area contributed by atoms with E-state index >= 15 is 0 Å². The van der Waals surface area contributed by atoms with Gasteiger partial charge in [-0.1, -0.05) is 12.8 Å². The number of aromatic nitrogens is 2. The molecule has 0 aromatic carbocycles. The number of hydrogen-bond acceptors (Lipinski definition) is 3. The number of piperidine rings is 1. The summed E-state index contributed by atoms with van der Waals surface area (Å²) in [6, 6.07) is 0.506. The van der Waals surface area contributed by atoms with Gasteiger partial charge in [0.05, 0.1) is 17.9 Å². The SMILES string of the molecule is CCn1cc(NC(=O)C2CCC3CCCCC3N2)cn1. The van der Waals surface area contributed by atoms with Crippen LogP contribution in [0.2, 0.25) is 0 Å². The van der Waals surface area contributed by atoms with E-state index in [9.17, 15) is 4.79 Å². The molecule has 1 aromatic heterocycles. The first-order valence-corrected chi connectivity index (χ1v) is 7.85. The topological polar surface area (TPSA) is 59.0 Å². The van der Waals surface area contributed by atoms with Crippen molar-refractivity contribution in [2.75, 3.05) is 5.32 Å². The zero-order chi connectivity index (χ0) is 13.9. The summed E-state index contributed by atoms with van der Waals surface area (Å²) in [7, 11) is 0. The number of fused-ring (bicyclic) bond motifs is 1. The van der Waals surface area contributed by atoms with Crippen molar-refractivity contribution in [3.05, 3.63) is 12.4 Å². The summed E-state index contributed by atoms with van der Waals surface area (Å²) in [6.07, 6.45) is 10.9. The predicted molar refractivity (Wildman–Crippen MR) is 78.4 cm³/mol. The number of aryl methyl sites for hydroxylation is 1. The van der Waals surface area contributed by atoms with Crippen molar-refractivity contribution in [1.29, 1.82) is 0 Å². The van der Waals surface area contributed by atoms with Crippen LogP contribution >= 0.6 is 0 Å². The summed E-state index contributed by atoms with van der Waals surface area (Å²) in [6.45, 7) is 2.85. The lowest BCUT2D eigenvalue weighted by molar-refractivity contribution is -0.119. The second-order valence-electron chi connectivity index (χ2n) is 6.02. The molecule has 0 bridgehead atoms. The average Bonchev–Trinajstić information content (AvgIpc) is 2.94. The van der Waals surface area contributed by atoms with Gasteiger partial charge in [0.25, 0.3) is 0 Å². The molecule has 1 aliphatic carbocycles.